The molecule has 27 heavy (non-hydrogen) atoms. The van der Waals surface area contributed by atoms with Crippen molar-refractivity contribution in [3.05, 3.63) is 83.7 Å². The molecule has 3 aromatic rings. The van der Waals surface area contributed by atoms with Crippen molar-refractivity contribution in [3.8, 4) is 16.9 Å². The van der Waals surface area contributed by atoms with E-state index in [0.29, 0.717) is 16.8 Å². The molecule has 0 saturated carbocycles. The summed E-state index contributed by atoms with van der Waals surface area (Å²) >= 11 is 0. The summed E-state index contributed by atoms with van der Waals surface area (Å²) in [6.45, 7) is 0. The average Bonchev–Trinajstić information content (AvgIpc) is 2.61. The largest absolute Gasteiger partial charge is 0.573 e. The van der Waals surface area contributed by atoms with Gasteiger partial charge in [-0.05, 0) is 48.0 Å². The molecule has 0 aliphatic rings. The Balaban J connectivity index is 1.72. The van der Waals surface area contributed by atoms with E-state index < -0.39 is 18.0 Å². The maximum atomic E-state index is 13.6. The molecule has 3 rings (SSSR count). The zero-order valence-corrected chi connectivity index (χ0v) is 13.7. The molecule has 0 radical (unpaired) electrons. The van der Waals surface area contributed by atoms with Crippen LogP contribution in [0.3, 0.4) is 0 Å². The number of hydrogen-bond donors (Lipinski definition) is 0. The fourth-order valence-corrected chi connectivity index (χ4v) is 2.34. The van der Waals surface area contributed by atoms with Crippen molar-refractivity contribution < 1.29 is 26.7 Å². The Bertz CT molecular complexity index is 948. The van der Waals surface area contributed by atoms with E-state index in [2.05, 4.69) is 9.72 Å². The van der Waals surface area contributed by atoms with Crippen molar-refractivity contribution in [3.63, 3.8) is 0 Å². The number of aromatic nitrogens is 1. The molecular weight excluding hydrogens is 365 g/mol. The second-order valence-electron chi connectivity index (χ2n) is 5.54. The van der Waals surface area contributed by atoms with Crippen molar-refractivity contribution in [2.45, 2.75) is 6.36 Å². The molecule has 0 saturated heterocycles. The van der Waals surface area contributed by atoms with Crippen molar-refractivity contribution in [2.24, 2.45) is 0 Å². The van der Waals surface area contributed by atoms with Crippen LogP contribution in [-0.2, 0) is 0 Å². The molecule has 0 fully saturated rings. The zero-order valence-electron chi connectivity index (χ0n) is 13.7. The molecule has 0 amide bonds. The van der Waals surface area contributed by atoms with E-state index >= 15 is 0 Å². The minimum Gasteiger partial charge on any atom is -0.406 e. The van der Waals surface area contributed by atoms with E-state index in [1.807, 2.05) is 0 Å². The molecule has 1 heterocycles. The van der Waals surface area contributed by atoms with Gasteiger partial charge in [-0.2, -0.15) is 0 Å². The highest BCUT2D eigenvalue weighted by atomic mass is 19.4. The summed E-state index contributed by atoms with van der Waals surface area (Å²) in [5, 5.41) is 0. The molecule has 1 aromatic heterocycles. The molecule has 0 atom stereocenters. The molecule has 0 spiro atoms. The van der Waals surface area contributed by atoms with E-state index in [-0.39, 0.29) is 11.3 Å². The number of alkyl halides is 3. The van der Waals surface area contributed by atoms with Crippen LogP contribution in [0.5, 0.6) is 5.75 Å². The number of nitrogens with zero attached hydrogens (tertiary/aromatic N) is 1. The standard InChI is InChI=1S/C20H12F5NO/c21-16-6-1-14(19(22)11-16)2-7-17-8-3-15(12-26-17)13-4-9-18(10-5-13)27-20(23,24)25/h1-12H/b7-2+. The van der Waals surface area contributed by atoms with Crippen LogP contribution in [0.15, 0.2) is 60.8 Å². The van der Waals surface area contributed by atoms with Crippen LogP contribution in [-0.4, -0.2) is 11.3 Å². The van der Waals surface area contributed by atoms with E-state index in [9.17, 15) is 22.0 Å². The molecule has 0 aliphatic carbocycles. The summed E-state index contributed by atoms with van der Waals surface area (Å²) in [7, 11) is 0. The van der Waals surface area contributed by atoms with Gasteiger partial charge in [0.25, 0.3) is 0 Å². The first-order valence-electron chi connectivity index (χ1n) is 7.75. The molecule has 138 valence electrons. The highest BCUT2D eigenvalue weighted by molar-refractivity contribution is 5.70. The number of pyridine rings is 1. The summed E-state index contributed by atoms with van der Waals surface area (Å²) in [4.78, 5) is 4.20. The number of rotatable bonds is 4. The van der Waals surface area contributed by atoms with Crippen molar-refractivity contribution in [1.82, 2.24) is 4.98 Å². The van der Waals surface area contributed by atoms with Gasteiger partial charge in [0.1, 0.15) is 17.4 Å². The van der Waals surface area contributed by atoms with Gasteiger partial charge in [0, 0.05) is 23.4 Å². The maximum absolute atomic E-state index is 13.6. The first kappa shape index (κ1) is 18.6. The van der Waals surface area contributed by atoms with Crippen molar-refractivity contribution >= 4 is 12.2 Å². The lowest BCUT2D eigenvalue weighted by Gasteiger charge is -2.09. The summed E-state index contributed by atoms with van der Waals surface area (Å²) in [6.07, 6.45) is -0.151. The Kier molecular flexibility index (Phi) is 5.21. The predicted octanol–water partition coefficient (Wildman–Crippen LogP) is 6.10. The molecule has 0 N–H and O–H groups in total. The molecule has 2 nitrogen and oxygen atoms in total. The Morgan fingerprint density at radius 2 is 1.52 bits per heavy atom. The van der Waals surface area contributed by atoms with Crippen LogP contribution in [0.25, 0.3) is 23.3 Å². The molecule has 2 aromatic carbocycles. The molecule has 0 aliphatic heterocycles. The van der Waals surface area contributed by atoms with Crippen LogP contribution < -0.4 is 4.74 Å². The van der Waals surface area contributed by atoms with E-state index in [0.717, 1.165) is 12.1 Å². The van der Waals surface area contributed by atoms with Crippen molar-refractivity contribution in [2.75, 3.05) is 0 Å². The summed E-state index contributed by atoms with van der Waals surface area (Å²) in [6, 6.07) is 12.1. The van der Waals surface area contributed by atoms with Gasteiger partial charge in [-0.25, -0.2) is 8.78 Å². The van der Waals surface area contributed by atoms with Gasteiger partial charge in [0.05, 0.1) is 5.69 Å². The fraction of sp³-hybridized carbons (Fsp3) is 0.0500. The lowest BCUT2D eigenvalue weighted by Crippen LogP contribution is -2.16. The van der Waals surface area contributed by atoms with Crippen LogP contribution in [0, 0.1) is 11.6 Å². The maximum Gasteiger partial charge on any atom is 0.573 e. The Morgan fingerprint density at radius 3 is 2.11 bits per heavy atom. The number of benzene rings is 2. The summed E-state index contributed by atoms with van der Waals surface area (Å²) in [5.74, 6) is -1.64. The van der Waals surface area contributed by atoms with Gasteiger partial charge < -0.3 is 4.74 Å². The second-order valence-corrected chi connectivity index (χ2v) is 5.54. The quantitative estimate of drug-likeness (QED) is 0.513. The first-order chi connectivity index (χ1) is 12.8. The zero-order chi connectivity index (χ0) is 19.4. The summed E-state index contributed by atoms with van der Waals surface area (Å²) < 4.78 is 66.8. The average molecular weight is 377 g/mol. The molecule has 7 heteroatoms. The smallest absolute Gasteiger partial charge is 0.406 e. The van der Waals surface area contributed by atoms with Crippen LogP contribution in [0.4, 0.5) is 22.0 Å². The van der Waals surface area contributed by atoms with Gasteiger partial charge >= 0.3 is 6.36 Å². The van der Waals surface area contributed by atoms with Crippen LogP contribution in [0.2, 0.25) is 0 Å². The summed E-state index contributed by atoms with van der Waals surface area (Å²) in [5.41, 5.74) is 2.12. The van der Waals surface area contributed by atoms with Gasteiger partial charge in [-0.1, -0.05) is 18.2 Å². The van der Waals surface area contributed by atoms with Crippen LogP contribution >= 0.6 is 0 Å². The number of ether oxygens (including phenoxy) is 1. The first-order valence-corrected chi connectivity index (χ1v) is 7.75. The van der Waals surface area contributed by atoms with Gasteiger partial charge in [0.15, 0.2) is 0 Å². The fourth-order valence-electron chi connectivity index (χ4n) is 2.34. The Morgan fingerprint density at radius 1 is 0.815 bits per heavy atom. The minimum atomic E-state index is -4.74. The van der Waals surface area contributed by atoms with Crippen LogP contribution in [0.1, 0.15) is 11.3 Å². The van der Waals surface area contributed by atoms with Gasteiger partial charge in [-0.15, -0.1) is 13.2 Å². The molecule has 0 unspecified atom stereocenters. The molecular formula is C20H12F5NO. The lowest BCUT2D eigenvalue weighted by molar-refractivity contribution is -0.274. The normalized spacial score (nSPS) is 11.7. The third-order valence-electron chi connectivity index (χ3n) is 3.60. The van der Waals surface area contributed by atoms with E-state index in [1.54, 1.807) is 24.4 Å². The highest BCUT2D eigenvalue weighted by Crippen LogP contribution is 2.26. The third kappa shape index (κ3) is 5.13. The highest BCUT2D eigenvalue weighted by Gasteiger charge is 2.30. The van der Waals surface area contributed by atoms with Gasteiger partial charge in [0.2, 0.25) is 0 Å². The second kappa shape index (κ2) is 7.57. The lowest BCUT2D eigenvalue weighted by atomic mass is 10.1. The third-order valence-corrected chi connectivity index (χ3v) is 3.60. The number of hydrogen-bond acceptors (Lipinski definition) is 2. The van der Waals surface area contributed by atoms with E-state index in [1.165, 1.54) is 36.4 Å². The predicted molar refractivity (Wildman–Crippen MR) is 91.6 cm³/mol. The molecule has 0 bridgehead atoms. The van der Waals surface area contributed by atoms with Gasteiger partial charge in [-0.3, -0.25) is 4.98 Å². The monoisotopic (exact) mass is 377 g/mol. The Labute approximate surface area is 151 Å². The van der Waals surface area contributed by atoms with E-state index in [4.69, 9.17) is 0 Å². The van der Waals surface area contributed by atoms with Crippen molar-refractivity contribution in [1.29, 1.82) is 0 Å². The Hall–Kier alpha value is -3.22. The number of halogens is 5. The topological polar surface area (TPSA) is 22.1 Å². The minimum absolute atomic E-state index is 0.225. The SMILES string of the molecule is Fc1ccc(/C=C/c2ccc(-c3ccc(OC(F)(F)F)cc3)cn2)c(F)c1.